The summed E-state index contributed by atoms with van der Waals surface area (Å²) in [4.78, 5) is 0. The molecule has 0 aliphatic heterocycles. The van der Waals surface area contributed by atoms with Crippen molar-refractivity contribution in [2.45, 2.75) is 6.54 Å². The van der Waals surface area contributed by atoms with E-state index in [1.165, 1.54) is 0 Å². The maximum Gasteiger partial charge on any atom is 0.141 e. The Kier molecular flexibility index (Phi) is 3.10. The highest BCUT2D eigenvalue weighted by Crippen LogP contribution is 2.23. The second-order valence-electron chi connectivity index (χ2n) is 3.50. The molecule has 0 radical (unpaired) electrons. The van der Waals surface area contributed by atoms with Gasteiger partial charge in [-0.25, -0.2) is 0 Å². The molecule has 0 amide bonds. The minimum absolute atomic E-state index is 0.733. The van der Waals surface area contributed by atoms with Crippen molar-refractivity contribution in [2.24, 2.45) is 7.05 Å². The summed E-state index contributed by atoms with van der Waals surface area (Å²) in [6.07, 6.45) is 1.79. The van der Waals surface area contributed by atoms with Crippen LogP contribution in [-0.4, -0.2) is 16.9 Å². The van der Waals surface area contributed by atoms with Crippen LogP contribution in [0.15, 0.2) is 36.5 Å². The first-order valence-corrected chi connectivity index (χ1v) is 5.15. The van der Waals surface area contributed by atoms with Gasteiger partial charge in [0.1, 0.15) is 5.75 Å². The van der Waals surface area contributed by atoms with Crippen molar-refractivity contribution >= 4 is 5.69 Å². The molecule has 0 unspecified atom stereocenters. The lowest BCUT2D eigenvalue weighted by Crippen LogP contribution is -2.06. The number of hydrogen-bond acceptors (Lipinski definition) is 3. The maximum absolute atomic E-state index is 5.26. The molecule has 0 atom stereocenters. The summed E-state index contributed by atoms with van der Waals surface area (Å²) in [5.41, 5.74) is 2.12. The Morgan fingerprint density at radius 1 is 1.31 bits per heavy atom. The van der Waals surface area contributed by atoms with Crippen molar-refractivity contribution in [1.82, 2.24) is 9.78 Å². The average Bonchev–Trinajstić information content (AvgIpc) is 2.72. The Labute approximate surface area is 94.9 Å². The fourth-order valence-corrected chi connectivity index (χ4v) is 1.55. The number of nitrogens with zero attached hydrogens (tertiary/aromatic N) is 2. The van der Waals surface area contributed by atoms with Gasteiger partial charge in [-0.3, -0.25) is 4.68 Å². The van der Waals surface area contributed by atoms with Crippen LogP contribution in [0.1, 0.15) is 5.69 Å². The molecule has 0 fully saturated rings. The van der Waals surface area contributed by atoms with Crippen LogP contribution in [0.3, 0.4) is 0 Å². The quantitative estimate of drug-likeness (QED) is 0.851. The summed E-state index contributed by atoms with van der Waals surface area (Å²) in [6, 6.07) is 9.85. The first kappa shape index (κ1) is 10.5. The van der Waals surface area contributed by atoms with E-state index in [0.29, 0.717) is 0 Å². The fourth-order valence-electron chi connectivity index (χ4n) is 1.55. The van der Waals surface area contributed by atoms with Crippen molar-refractivity contribution in [3.63, 3.8) is 0 Å². The van der Waals surface area contributed by atoms with Gasteiger partial charge in [0.05, 0.1) is 25.0 Å². The lowest BCUT2D eigenvalue weighted by atomic mass is 10.3. The normalized spacial score (nSPS) is 10.1. The molecule has 0 saturated carbocycles. The van der Waals surface area contributed by atoms with Crippen molar-refractivity contribution in [3.8, 4) is 5.75 Å². The molecular weight excluding hydrogens is 202 g/mol. The monoisotopic (exact) mass is 217 g/mol. The van der Waals surface area contributed by atoms with Crippen LogP contribution in [0, 0.1) is 0 Å². The largest absolute Gasteiger partial charge is 0.495 e. The molecule has 2 aromatic rings. The SMILES string of the molecule is COc1ccccc1NCc1ccnn1C. The van der Waals surface area contributed by atoms with Gasteiger partial charge in [-0.05, 0) is 18.2 Å². The van der Waals surface area contributed by atoms with Crippen LogP contribution in [0.4, 0.5) is 5.69 Å². The predicted octanol–water partition coefficient (Wildman–Crippen LogP) is 2.04. The zero-order chi connectivity index (χ0) is 11.4. The van der Waals surface area contributed by atoms with Crippen LogP contribution in [0.25, 0.3) is 0 Å². The van der Waals surface area contributed by atoms with Gasteiger partial charge in [0.2, 0.25) is 0 Å². The minimum atomic E-state index is 0.733. The molecule has 4 nitrogen and oxygen atoms in total. The number of para-hydroxylation sites is 2. The Bertz CT molecular complexity index is 465. The van der Waals surface area contributed by atoms with E-state index in [4.69, 9.17) is 4.74 Å². The second kappa shape index (κ2) is 4.70. The Morgan fingerprint density at radius 3 is 2.81 bits per heavy atom. The van der Waals surface area contributed by atoms with Gasteiger partial charge in [0, 0.05) is 13.2 Å². The van der Waals surface area contributed by atoms with E-state index in [2.05, 4.69) is 10.4 Å². The summed E-state index contributed by atoms with van der Waals surface area (Å²) < 4.78 is 7.11. The third kappa shape index (κ3) is 2.16. The van der Waals surface area contributed by atoms with Crippen LogP contribution < -0.4 is 10.1 Å². The highest BCUT2D eigenvalue weighted by molar-refractivity contribution is 5.56. The molecule has 0 aliphatic carbocycles. The summed E-state index contributed by atoms with van der Waals surface area (Å²) in [5.74, 6) is 0.852. The van der Waals surface area contributed by atoms with E-state index < -0.39 is 0 Å². The molecule has 16 heavy (non-hydrogen) atoms. The highest BCUT2D eigenvalue weighted by atomic mass is 16.5. The predicted molar refractivity (Wildman–Crippen MR) is 63.5 cm³/mol. The zero-order valence-electron chi connectivity index (χ0n) is 9.47. The summed E-state index contributed by atoms with van der Waals surface area (Å²) >= 11 is 0. The molecular formula is C12H15N3O. The van der Waals surface area contributed by atoms with E-state index >= 15 is 0 Å². The van der Waals surface area contributed by atoms with Crippen LogP contribution in [-0.2, 0) is 13.6 Å². The van der Waals surface area contributed by atoms with Crippen LogP contribution in [0.2, 0.25) is 0 Å². The summed E-state index contributed by atoms with van der Waals surface area (Å²) in [5, 5.41) is 7.44. The topological polar surface area (TPSA) is 39.1 Å². The van der Waals surface area contributed by atoms with E-state index in [1.807, 2.05) is 42.1 Å². The smallest absolute Gasteiger partial charge is 0.141 e. The number of aryl methyl sites for hydroxylation is 1. The lowest BCUT2D eigenvalue weighted by Gasteiger charge is -2.10. The van der Waals surface area contributed by atoms with Gasteiger partial charge < -0.3 is 10.1 Å². The fraction of sp³-hybridized carbons (Fsp3) is 0.250. The van der Waals surface area contributed by atoms with Crippen molar-refractivity contribution in [1.29, 1.82) is 0 Å². The number of nitrogens with one attached hydrogen (secondary N) is 1. The number of methoxy groups -OCH3 is 1. The molecule has 84 valence electrons. The van der Waals surface area contributed by atoms with Crippen molar-refractivity contribution < 1.29 is 4.74 Å². The first-order valence-electron chi connectivity index (χ1n) is 5.15. The Balaban J connectivity index is 2.07. The third-order valence-electron chi connectivity index (χ3n) is 2.49. The number of aromatic nitrogens is 2. The van der Waals surface area contributed by atoms with E-state index in [-0.39, 0.29) is 0 Å². The zero-order valence-corrected chi connectivity index (χ0v) is 9.47. The number of benzene rings is 1. The molecule has 1 aromatic heterocycles. The van der Waals surface area contributed by atoms with Crippen molar-refractivity contribution in [3.05, 3.63) is 42.2 Å². The summed E-state index contributed by atoms with van der Waals surface area (Å²) in [7, 11) is 3.60. The average molecular weight is 217 g/mol. The molecule has 1 N–H and O–H groups in total. The van der Waals surface area contributed by atoms with E-state index in [1.54, 1.807) is 13.3 Å². The highest BCUT2D eigenvalue weighted by Gasteiger charge is 2.02. The van der Waals surface area contributed by atoms with Gasteiger partial charge in [-0.15, -0.1) is 0 Å². The van der Waals surface area contributed by atoms with Gasteiger partial charge >= 0.3 is 0 Å². The van der Waals surface area contributed by atoms with Crippen LogP contribution >= 0.6 is 0 Å². The van der Waals surface area contributed by atoms with Gasteiger partial charge in [-0.2, -0.15) is 5.10 Å². The lowest BCUT2D eigenvalue weighted by molar-refractivity contribution is 0.416. The number of ether oxygens (including phenoxy) is 1. The Morgan fingerprint density at radius 2 is 2.12 bits per heavy atom. The molecule has 0 aliphatic rings. The molecule has 2 rings (SSSR count). The number of anilines is 1. The minimum Gasteiger partial charge on any atom is -0.495 e. The van der Waals surface area contributed by atoms with Crippen molar-refractivity contribution in [2.75, 3.05) is 12.4 Å². The first-order chi connectivity index (χ1) is 7.81. The van der Waals surface area contributed by atoms with Gasteiger partial charge in [0.15, 0.2) is 0 Å². The van der Waals surface area contributed by atoms with E-state index in [9.17, 15) is 0 Å². The second-order valence-corrected chi connectivity index (χ2v) is 3.50. The molecule has 0 spiro atoms. The van der Waals surface area contributed by atoms with Gasteiger partial charge in [0.25, 0.3) is 0 Å². The van der Waals surface area contributed by atoms with E-state index in [0.717, 1.165) is 23.7 Å². The molecule has 1 heterocycles. The Hall–Kier alpha value is -1.97. The molecule has 0 saturated heterocycles. The molecule has 0 bridgehead atoms. The maximum atomic E-state index is 5.26. The van der Waals surface area contributed by atoms with Gasteiger partial charge in [-0.1, -0.05) is 12.1 Å². The molecule has 4 heteroatoms. The molecule has 1 aromatic carbocycles. The van der Waals surface area contributed by atoms with Crippen LogP contribution in [0.5, 0.6) is 5.75 Å². The third-order valence-corrected chi connectivity index (χ3v) is 2.49. The standard InChI is InChI=1S/C12H15N3O/c1-15-10(7-8-14-15)9-13-11-5-3-4-6-12(11)16-2/h3-8,13H,9H2,1-2H3. The summed E-state index contributed by atoms with van der Waals surface area (Å²) in [6.45, 7) is 0.733. The number of rotatable bonds is 4. The number of hydrogen-bond donors (Lipinski definition) is 1.